The maximum atomic E-state index is 13.5. The van der Waals surface area contributed by atoms with E-state index in [4.69, 9.17) is 4.74 Å². The lowest BCUT2D eigenvalue weighted by molar-refractivity contribution is 0.0954. The van der Waals surface area contributed by atoms with Gasteiger partial charge in [-0.25, -0.2) is 4.39 Å². The van der Waals surface area contributed by atoms with Crippen LogP contribution >= 0.6 is 27.3 Å². The van der Waals surface area contributed by atoms with E-state index in [9.17, 15) is 9.18 Å². The summed E-state index contributed by atoms with van der Waals surface area (Å²) >= 11 is 4.55. The monoisotopic (exact) mass is 343 g/mol. The highest BCUT2D eigenvalue weighted by molar-refractivity contribution is 9.10. The highest BCUT2D eigenvalue weighted by Crippen LogP contribution is 2.21. The molecule has 19 heavy (non-hydrogen) atoms. The number of rotatable bonds is 4. The van der Waals surface area contributed by atoms with Crippen molar-refractivity contribution in [3.63, 3.8) is 0 Å². The third-order valence-electron chi connectivity index (χ3n) is 2.48. The molecule has 0 saturated carbocycles. The van der Waals surface area contributed by atoms with E-state index in [0.717, 1.165) is 4.47 Å². The summed E-state index contributed by atoms with van der Waals surface area (Å²) in [5.74, 6) is 0.0590. The Labute approximate surface area is 122 Å². The van der Waals surface area contributed by atoms with Crippen molar-refractivity contribution in [3.8, 4) is 5.75 Å². The third-order valence-corrected chi connectivity index (χ3v) is 3.88. The summed E-state index contributed by atoms with van der Waals surface area (Å²) in [6, 6.07) is 6.27. The van der Waals surface area contributed by atoms with Crippen LogP contribution in [0.1, 0.15) is 15.2 Å². The van der Waals surface area contributed by atoms with Crippen LogP contribution in [0.2, 0.25) is 0 Å². The van der Waals surface area contributed by atoms with Gasteiger partial charge < -0.3 is 10.1 Å². The highest BCUT2D eigenvalue weighted by atomic mass is 79.9. The predicted molar refractivity (Wildman–Crippen MR) is 76.1 cm³/mol. The Morgan fingerprint density at radius 1 is 1.47 bits per heavy atom. The van der Waals surface area contributed by atoms with Gasteiger partial charge in [0, 0.05) is 28.0 Å². The first-order valence-electron chi connectivity index (χ1n) is 5.45. The van der Waals surface area contributed by atoms with Crippen molar-refractivity contribution in [2.45, 2.75) is 6.54 Å². The second-order valence-corrected chi connectivity index (χ2v) is 5.60. The van der Waals surface area contributed by atoms with Gasteiger partial charge in [-0.2, -0.15) is 0 Å². The van der Waals surface area contributed by atoms with E-state index in [1.807, 2.05) is 0 Å². The van der Waals surface area contributed by atoms with Crippen molar-refractivity contribution >= 4 is 33.2 Å². The maximum absolute atomic E-state index is 13.5. The van der Waals surface area contributed by atoms with Gasteiger partial charge in [-0.1, -0.05) is 15.9 Å². The molecule has 1 N–H and O–H groups in total. The zero-order chi connectivity index (χ0) is 13.8. The second-order valence-electron chi connectivity index (χ2n) is 3.77. The number of ether oxygens (including phenoxy) is 1. The zero-order valence-corrected chi connectivity index (χ0v) is 12.5. The van der Waals surface area contributed by atoms with Crippen molar-refractivity contribution < 1.29 is 13.9 Å². The van der Waals surface area contributed by atoms with Gasteiger partial charge in [0.15, 0.2) is 0 Å². The Kier molecular flexibility index (Phi) is 4.55. The molecule has 2 aromatic rings. The second kappa shape index (κ2) is 6.16. The van der Waals surface area contributed by atoms with Crippen LogP contribution in [0.25, 0.3) is 0 Å². The van der Waals surface area contributed by atoms with E-state index in [-0.39, 0.29) is 18.3 Å². The molecule has 1 aromatic carbocycles. The van der Waals surface area contributed by atoms with E-state index in [2.05, 4.69) is 21.2 Å². The Balaban J connectivity index is 2.02. The topological polar surface area (TPSA) is 38.3 Å². The Morgan fingerprint density at radius 2 is 2.26 bits per heavy atom. The molecule has 100 valence electrons. The average Bonchev–Trinajstić information content (AvgIpc) is 2.88. The fraction of sp³-hybridized carbons (Fsp3) is 0.154. The van der Waals surface area contributed by atoms with Crippen molar-refractivity contribution in [2.24, 2.45) is 0 Å². The molecular formula is C13H11BrFNO2S. The van der Waals surface area contributed by atoms with Crippen LogP contribution in [0.15, 0.2) is 34.1 Å². The Hall–Kier alpha value is -1.40. The summed E-state index contributed by atoms with van der Waals surface area (Å²) in [7, 11) is 1.54. The quantitative estimate of drug-likeness (QED) is 0.921. The first kappa shape index (κ1) is 14.0. The van der Waals surface area contributed by atoms with Crippen LogP contribution < -0.4 is 10.1 Å². The summed E-state index contributed by atoms with van der Waals surface area (Å²) in [5.41, 5.74) is 0.436. The lowest BCUT2D eigenvalue weighted by atomic mass is 10.2. The van der Waals surface area contributed by atoms with E-state index >= 15 is 0 Å². The molecule has 0 unspecified atom stereocenters. The van der Waals surface area contributed by atoms with Crippen LogP contribution in [0.5, 0.6) is 5.75 Å². The van der Waals surface area contributed by atoms with Gasteiger partial charge in [0.2, 0.25) is 0 Å². The normalized spacial score (nSPS) is 10.3. The molecule has 0 aliphatic rings. The van der Waals surface area contributed by atoms with Crippen LogP contribution in [0.3, 0.4) is 0 Å². The first-order chi connectivity index (χ1) is 9.10. The van der Waals surface area contributed by atoms with Crippen LogP contribution in [-0.4, -0.2) is 13.0 Å². The molecule has 0 bridgehead atoms. The first-order valence-corrected chi connectivity index (χ1v) is 7.12. The van der Waals surface area contributed by atoms with Gasteiger partial charge in [-0.15, -0.1) is 11.3 Å². The van der Waals surface area contributed by atoms with Crippen LogP contribution in [0, 0.1) is 5.82 Å². The molecule has 0 radical (unpaired) electrons. The van der Waals surface area contributed by atoms with Gasteiger partial charge in [0.05, 0.1) is 12.0 Å². The summed E-state index contributed by atoms with van der Waals surface area (Å²) in [5, 5.41) is 4.42. The van der Waals surface area contributed by atoms with Gasteiger partial charge in [0.1, 0.15) is 11.6 Å². The smallest absolute Gasteiger partial charge is 0.261 e. The Morgan fingerprint density at radius 3 is 2.95 bits per heavy atom. The molecule has 1 aromatic heterocycles. The molecule has 0 fully saturated rings. The molecular weight excluding hydrogens is 333 g/mol. The number of halogens is 2. The van der Waals surface area contributed by atoms with E-state index in [1.54, 1.807) is 30.7 Å². The molecule has 0 aliphatic carbocycles. The minimum atomic E-state index is -0.340. The lowest BCUT2D eigenvalue weighted by Gasteiger charge is -2.05. The van der Waals surface area contributed by atoms with Crippen molar-refractivity contribution in [2.75, 3.05) is 7.11 Å². The molecule has 0 atom stereocenters. The number of thiophene rings is 1. The van der Waals surface area contributed by atoms with Gasteiger partial charge >= 0.3 is 0 Å². The number of methoxy groups -OCH3 is 1. The maximum Gasteiger partial charge on any atom is 0.261 e. The van der Waals surface area contributed by atoms with E-state index in [0.29, 0.717) is 16.2 Å². The minimum Gasteiger partial charge on any atom is -0.496 e. The summed E-state index contributed by atoms with van der Waals surface area (Å²) in [6.07, 6.45) is 0. The highest BCUT2D eigenvalue weighted by Gasteiger charge is 2.10. The van der Waals surface area contributed by atoms with Crippen LogP contribution in [-0.2, 0) is 6.54 Å². The van der Waals surface area contributed by atoms with Gasteiger partial charge in [-0.3, -0.25) is 4.79 Å². The largest absolute Gasteiger partial charge is 0.496 e. The molecule has 1 amide bonds. The predicted octanol–water partition coefficient (Wildman–Crippen LogP) is 3.59. The van der Waals surface area contributed by atoms with E-state index < -0.39 is 0 Å². The summed E-state index contributed by atoms with van der Waals surface area (Å²) in [4.78, 5) is 12.4. The number of amides is 1. The average molecular weight is 344 g/mol. The molecule has 0 spiro atoms. The molecule has 2 rings (SSSR count). The fourth-order valence-corrected chi connectivity index (χ4v) is 2.67. The van der Waals surface area contributed by atoms with Gasteiger partial charge in [0.25, 0.3) is 5.91 Å². The standard InChI is InChI=1S/C13H11BrFNO2S/c1-18-10-5-12(19-7-10)13(17)16-6-8-4-9(14)2-3-11(8)15/h2-5,7H,6H2,1H3,(H,16,17). The molecule has 0 aliphatic heterocycles. The number of carbonyl (C=O) groups excluding carboxylic acids is 1. The fourth-order valence-electron chi connectivity index (χ4n) is 1.49. The molecule has 6 heteroatoms. The van der Waals surface area contributed by atoms with Gasteiger partial charge in [-0.05, 0) is 18.2 Å². The number of hydrogen-bond acceptors (Lipinski definition) is 3. The third kappa shape index (κ3) is 3.54. The van der Waals surface area contributed by atoms with Crippen molar-refractivity contribution in [3.05, 3.63) is 50.4 Å². The SMILES string of the molecule is COc1csc(C(=O)NCc2cc(Br)ccc2F)c1. The molecule has 1 heterocycles. The summed E-state index contributed by atoms with van der Waals surface area (Å²) in [6.45, 7) is 0.143. The minimum absolute atomic E-state index is 0.143. The van der Waals surface area contributed by atoms with E-state index in [1.165, 1.54) is 17.4 Å². The van der Waals surface area contributed by atoms with Crippen molar-refractivity contribution in [1.29, 1.82) is 0 Å². The molecule has 0 saturated heterocycles. The number of benzene rings is 1. The molecule has 3 nitrogen and oxygen atoms in total. The lowest BCUT2D eigenvalue weighted by Crippen LogP contribution is -2.22. The number of carbonyl (C=O) groups is 1. The van der Waals surface area contributed by atoms with Crippen LogP contribution in [0.4, 0.5) is 4.39 Å². The van der Waals surface area contributed by atoms with Crippen molar-refractivity contribution in [1.82, 2.24) is 5.32 Å². The number of hydrogen-bond donors (Lipinski definition) is 1. The zero-order valence-electron chi connectivity index (χ0n) is 10.1. The summed E-state index contributed by atoms with van der Waals surface area (Å²) < 4.78 is 19.3. The Bertz CT molecular complexity index is 600. The number of nitrogens with one attached hydrogen (secondary N) is 1.